The molecular weight excluding hydrogens is 485 g/mol. The van der Waals surface area contributed by atoms with Gasteiger partial charge in [-0.3, -0.25) is 4.99 Å². The zero-order chi connectivity index (χ0) is 20.5. The highest BCUT2D eigenvalue weighted by molar-refractivity contribution is 14.0. The van der Waals surface area contributed by atoms with Crippen LogP contribution >= 0.6 is 24.0 Å². The topological polar surface area (TPSA) is 73.3 Å². The Labute approximate surface area is 189 Å². The molecule has 29 heavy (non-hydrogen) atoms. The number of hydrogen-bond donors (Lipinski definition) is 2. The Balaban J connectivity index is 0.00000420. The van der Waals surface area contributed by atoms with Crippen LogP contribution in [0.3, 0.4) is 0 Å². The second-order valence-electron chi connectivity index (χ2n) is 6.12. The van der Waals surface area contributed by atoms with Gasteiger partial charge in [-0.1, -0.05) is 12.1 Å². The highest BCUT2D eigenvalue weighted by Gasteiger charge is 2.13. The number of benzene rings is 2. The molecule has 0 bridgehead atoms. The van der Waals surface area contributed by atoms with Crippen molar-refractivity contribution in [2.45, 2.75) is 20.0 Å². The summed E-state index contributed by atoms with van der Waals surface area (Å²) in [5, 5.41) is 6.61. The average molecular weight is 515 g/mol. The summed E-state index contributed by atoms with van der Waals surface area (Å²) in [4.78, 5) is 4.28. The van der Waals surface area contributed by atoms with Crippen LogP contribution in [0.4, 0.5) is 0 Å². The number of guanidine groups is 1. The summed E-state index contributed by atoms with van der Waals surface area (Å²) in [6.45, 7) is 3.23. The normalized spacial score (nSPS) is 10.6. The number of methoxy groups -OCH3 is 4. The third kappa shape index (κ3) is 6.59. The van der Waals surface area contributed by atoms with E-state index in [1.54, 1.807) is 35.5 Å². The minimum atomic E-state index is 0. The van der Waals surface area contributed by atoms with Gasteiger partial charge in [0.1, 0.15) is 5.75 Å². The van der Waals surface area contributed by atoms with Crippen molar-refractivity contribution in [1.82, 2.24) is 10.6 Å². The first-order chi connectivity index (χ1) is 13.6. The van der Waals surface area contributed by atoms with E-state index in [-0.39, 0.29) is 24.0 Å². The largest absolute Gasteiger partial charge is 0.496 e. The summed E-state index contributed by atoms with van der Waals surface area (Å²) < 4.78 is 21.5. The van der Waals surface area contributed by atoms with Gasteiger partial charge in [0.15, 0.2) is 17.5 Å². The van der Waals surface area contributed by atoms with Crippen LogP contribution in [0.15, 0.2) is 35.3 Å². The lowest BCUT2D eigenvalue weighted by molar-refractivity contribution is 0.323. The molecule has 0 unspecified atom stereocenters. The van der Waals surface area contributed by atoms with E-state index >= 15 is 0 Å². The van der Waals surface area contributed by atoms with Crippen molar-refractivity contribution < 1.29 is 18.9 Å². The van der Waals surface area contributed by atoms with Gasteiger partial charge < -0.3 is 29.6 Å². The number of ether oxygens (including phenoxy) is 4. The van der Waals surface area contributed by atoms with Gasteiger partial charge in [0, 0.05) is 20.1 Å². The van der Waals surface area contributed by atoms with E-state index in [4.69, 9.17) is 18.9 Å². The second-order valence-corrected chi connectivity index (χ2v) is 6.12. The molecule has 0 atom stereocenters. The Kier molecular flexibility index (Phi) is 10.4. The smallest absolute Gasteiger partial charge is 0.203 e. The van der Waals surface area contributed by atoms with Crippen LogP contribution in [0.1, 0.15) is 16.7 Å². The zero-order valence-corrected chi connectivity index (χ0v) is 20.1. The summed E-state index contributed by atoms with van der Waals surface area (Å²) in [6.07, 6.45) is 0. The van der Waals surface area contributed by atoms with Crippen LogP contribution in [0.2, 0.25) is 0 Å². The maximum absolute atomic E-state index is 5.40. The molecule has 2 aromatic rings. The molecule has 0 saturated heterocycles. The molecule has 160 valence electrons. The van der Waals surface area contributed by atoms with Gasteiger partial charge in [-0.05, 0) is 41.8 Å². The maximum Gasteiger partial charge on any atom is 0.203 e. The number of aliphatic imine (C=N–C) groups is 1. The number of hydrogen-bond acceptors (Lipinski definition) is 5. The predicted octanol–water partition coefficient (Wildman–Crippen LogP) is 3.51. The summed E-state index contributed by atoms with van der Waals surface area (Å²) in [5.41, 5.74) is 3.23. The van der Waals surface area contributed by atoms with E-state index in [0.717, 1.165) is 22.4 Å². The lowest BCUT2D eigenvalue weighted by Gasteiger charge is -2.16. The van der Waals surface area contributed by atoms with E-state index < -0.39 is 0 Å². The van der Waals surface area contributed by atoms with Gasteiger partial charge in [-0.25, -0.2) is 0 Å². The Hall–Kier alpha value is -2.36. The Morgan fingerprint density at radius 3 is 1.79 bits per heavy atom. The highest BCUT2D eigenvalue weighted by atomic mass is 127. The fourth-order valence-corrected chi connectivity index (χ4v) is 2.88. The van der Waals surface area contributed by atoms with Crippen molar-refractivity contribution in [2.75, 3.05) is 35.5 Å². The molecule has 2 rings (SSSR count). The van der Waals surface area contributed by atoms with Crippen molar-refractivity contribution in [3.63, 3.8) is 0 Å². The third-order valence-electron chi connectivity index (χ3n) is 4.33. The summed E-state index contributed by atoms with van der Waals surface area (Å²) in [5.74, 6) is 3.40. The van der Waals surface area contributed by atoms with Gasteiger partial charge in [-0.15, -0.1) is 24.0 Å². The van der Waals surface area contributed by atoms with Crippen molar-refractivity contribution in [1.29, 1.82) is 0 Å². The van der Waals surface area contributed by atoms with Crippen LogP contribution in [0.5, 0.6) is 23.0 Å². The van der Waals surface area contributed by atoms with Crippen molar-refractivity contribution in [3.05, 3.63) is 47.0 Å². The Bertz CT molecular complexity index is 803. The highest BCUT2D eigenvalue weighted by Crippen LogP contribution is 2.38. The molecular formula is C21H30IN3O4. The molecule has 8 heteroatoms. The SMILES string of the molecule is CN=C(NCc1ccc(OC)c(C)c1)NCc1cc(OC)c(OC)c(OC)c1.I. The summed E-state index contributed by atoms with van der Waals surface area (Å²) >= 11 is 0. The van der Waals surface area contributed by atoms with Crippen LogP contribution < -0.4 is 29.6 Å². The molecule has 0 heterocycles. The standard InChI is InChI=1S/C21H29N3O4.HI/c1-14-9-15(7-8-17(14)25-3)12-23-21(22-2)24-13-16-10-18(26-4)20(28-6)19(11-16)27-5;/h7-11H,12-13H2,1-6H3,(H2,22,23,24);1H. The number of halogens is 1. The Morgan fingerprint density at radius 1 is 0.793 bits per heavy atom. The fraction of sp³-hybridized carbons (Fsp3) is 0.381. The molecule has 0 aromatic heterocycles. The maximum atomic E-state index is 5.40. The van der Waals surface area contributed by atoms with Crippen LogP contribution in [-0.4, -0.2) is 41.4 Å². The molecule has 0 saturated carbocycles. The van der Waals surface area contributed by atoms with Gasteiger partial charge in [0.25, 0.3) is 0 Å². The van der Waals surface area contributed by atoms with Crippen LogP contribution in [-0.2, 0) is 13.1 Å². The number of aryl methyl sites for hydroxylation is 1. The summed E-state index contributed by atoms with van der Waals surface area (Å²) in [6, 6.07) is 9.92. The van der Waals surface area contributed by atoms with E-state index in [1.165, 1.54) is 0 Å². The van der Waals surface area contributed by atoms with Crippen LogP contribution in [0, 0.1) is 6.92 Å². The number of nitrogens with zero attached hydrogens (tertiary/aromatic N) is 1. The van der Waals surface area contributed by atoms with Crippen molar-refractivity contribution in [3.8, 4) is 23.0 Å². The lowest BCUT2D eigenvalue weighted by Crippen LogP contribution is -2.36. The molecule has 0 aliphatic carbocycles. The van der Waals surface area contributed by atoms with E-state index in [0.29, 0.717) is 36.3 Å². The molecule has 2 aromatic carbocycles. The monoisotopic (exact) mass is 515 g/mol. The number of nitrogens with one attached hydrogen (secondary N) is 2. The zero-order valence-electron chi connectivity index (χ0n) is 17.8. The average Bonchev–Trinajstić information content (AvgIpc) is 2.73. The molecule has 0 spiro atoms. The van der Waals surface area contributed by atoms with Gasteiger partial charge in [0.2, 0.25) is 5.75 Å². The van der Waals surface area contributed by atoms with Gasteiger partial charge >= 0.3 is 0 Å². The molecule has 0 aliphatic heterocycles. The first kappa shape index (κ1) is 24.7. The number of rotatable bonds is 8. The second kappa shape index (κ2) is 12.3. The fourth-order valence-electron chi connectivity index (χ4n) is 2.88. The Morgan fingerprint density at radius 2 is 1.34 bits per heavy atom. The van der Waals surface area contributed by atoms with E-state index in [2.05, 4.69) is 21.7 Å². The third-order valence-corrected chi connectivity index (χ3v) is 4.33. The van der Waals surface area contributed by atoms with Crippen molar-refractivity contribution in [2.24, 2.45) is 4.99 Å². The van der Waals surface area contributed by atoms with Crippen molar-refractivity contribution >= 4 is 29.9 Å². The van der Waals surface area contributed by atoms with Gasteiger partial charge in [0.05, 0.1) is 28.4 Å². The van der Waals surface area contributed by atoms with E-state index in [1.807, 2.05) is 31.2 Å². The first-order valence-electron chi connectivity index (χ1n) is 8.93. The van der Waals surface area contributed by atoms with E-state index in [9.17, 15) is 0 Å². The molecule has 0 amide bonds. The quantitative estimate of drug-likeness (QED) is 0.319. The molecule has 0 aliphatic rings. The molecule has 2 N–H and O–H groups in total. The minimum Gasteiger partial charge on any atom is -0.496 e. The molecule has 0 radical (unpaired) electrons. The van der Waals surface area contributed by atoms with Crippen LogP contribution in [0.25, 0.3) is 0 Å². The predicted molar refractivity (Wildman–Crippen MR) is 126 cm³/mol. The minimum absolute atomic E-state index is 0. The van der Waals surface area contributed by atoms with Gasteiger partial charge in [-0.2, -0.15) is 0 Å². The lowest BCUT2D eigenvalue weighted by atomic mass is 10.1. The first-order valence-corrected chi connectivity index (χ1v) is 8.93. The molecule has 7 nitrogen and oxygen atoms in total. The molecule has 0 fully saturated rings. The summed E-state index contributed by atoms with van der Waals surface area (Å²) in [7, 11) is 8.21.